The molecule has 0 amide bonds. The number of rotatable bonds is 8. The van der Waals surface area contributed by atoms with Crippen LogP contribution in [-0.4, -0.2) is 22.5 Å². The number of nitrogens with zero attached hydrogens (tertiary/aromatic N) is 1. The van der Waals surface area contributed by atoms with Crippen LogP contribution >= 0.6 is 22.6 Å². The van der Waals surface area contributed by atoms with Crippen LogP contribution in [0.1, 0.15) is 26.7 Å². The Morgan fingerprint density at radius 2 is 2.14 bits per heavy atom. The number of benzene rings is 1. The van der Waals surface area contributed by atoms with E-state index in [1.165, 1.54) is 6.07 Å². The molecule has 1 aromatic rings. The fourth-order valence-corrected chi connectivity index (χ4v) is 2.69. The molecule has 0 aliphatic rings. The molecule has 0 bridgehead atoms. The SMILES string of the molecule is CC(C)CC(CNc1ccc(I)cc1[N+](=O)[O-])CC(=O)O. The average Bonchev–Trinajstić information content (AvgIpc) is 2.35. The van der Waals surface area contributed by atoms with Gasteiger partial charge in [-0.1, -0.05) is 13.8 Å². The minimum atomic E-state index is -0.848. The number of carboxylic acids is 1. The number of nitro benzene ring substituents is 1. The maximum absolute atomic E-state index is 11.0. The highest BCUT2D eigenvalue weighted by molar-refractivity contribution is 14.1. The summed E-state index contributed by atoms with van der Waals surface area (Å²) in [5, 5.41) is 23.0. The first-order valence-corrected chi connectivity index (χ1v) is 7.77. The van der Waals surface area contributed by atoms with Gasteiger partial charge in [0.25, 0.3) is 5.69 Å². The molecule has 1 atom stereocenters. The molecular weight excluding hydrogens is 387 g/mol. The topological polar surface area (TPSA) is 92.5 Å². The fraction of sp³-hybridized carbons (Fsp3) is 0.500. The summed E-state index contributed by atoms with van der Waals surface area (Å²) in [5.74, 6) is -0.524. The molecule has 1 rings (SSSR count). The third-order valence-corrected chi connectivity index (χ3v) is 3.68. The molecule has 0 fully saturated rings. The number of anilines is 1. The Morgan fingerprint density at radius 3 is 2.67 bits per heavy atom. The van der Waals surface area contributed by atoms with Crippen LogP contribution in [0.2, 0.25) is 0 Å². The molecule has 0 saturated carbocycles. The van der Waals surface area contributed by atoms with Gasteiger partial charge in [0, 0.05) is 22.6 Å². The lowest BCUT2D eigenvalue weighted by atomic mass is 9.94. The summed E-state index contributed by atoms with van der Waals surface area (Å²) in [6, 6.07) is 4.94. The van der Waals surface area contributed by atoms with Crippen molar-refractivity contribution in [1.29, 1.82) is 0 Å². The van der Waals surface area contributed by atoms with Gasteiger partial charge < -0.3 is 10.4 Å². The van der Waals surface area contributed by atoms with E-state index in [0.29, 0.717) is 18.2 Å². The van der Waals surface area contributed by atoms with Crippen molar-refractivity contribution < 1.29 is 14.8 Å². The van der Waals surface area contributed by atoms with Gasteiger partial charge in [0.2, 0.25) is 0 Å². The van der Waals surface area contributed by atoms with Gasteiger partial charge in [0.15, 0.2) is 0 Å². The normalized spacial score (nSPS) is 12.2. The molecule has 0 aliphatic carbocycles. The summed E-state index contributed by atoms with van der Waals surface area (Å²) in [4.78, 5) is 21.5. The van der Waals surface area contributed by atoms with E-state index in [4.69, 9.17) is 5.11 Å². The number of nitrogens with one attached hydrogen (secondary N) is 1. The minimum absolute atomic E-state index is 0.0144. The Morgan fingerprint density at radius 1 is 1.48 bits per heavy atom. The standard InChI is InChI=1S/C14H19IN2O4/c1-9(2)5-10(6-14(18)19)8-16-12-4-3-11(15)7-13(12)17(20)21/h3-4,7,9-10,16H,5-6,8H2,1-2H3,(H,18,19). The molecule has 116 valence electrons. The maximum atomic E-state index is 11.0. The molecule has 6 nitrogen and oxygen atoms in total. The second-order valence-electron chi connectivity index (χ2n) is 5.39. The molecule has 2 N–H and O–H groups in total. The van der Waals surface area contributed by atoms with Gasteiger partial charge in [-0.05, 0) is 53.0 Å². The van der Waals surface area contributed by atoms with Crippen LogP contribution in [0.15, 0.2) is 18.2 Å². The smallest absolute Gasteiger partial charge is 0.303 e. The predicted octanol–water partition coefficient (Wildman–Crippen LogP) is 3.75. The summed E-state index contributed by atoms with van der Waals surface area (Å²) < 4.78 is 0.786. The molecule has 1 aromatic carbocycles. The minimum Gasteiger partial charge on any atom is -0.481 e. The summed E-state index contributed by atoms with van der Waals surface area (Å²) in [6.45, 7) is 4.47. The van der Waals surface area contributed by atoms with Crippen molar-refractivity contribution in [2.75, 3.05) is 11.9 Å². The Hall–Kier alpha value is -1.38. The van der Waals surface area contributed by atoms with Crippen LogP contribution < -0.4 is 5.32 Å². The monoisotopic (exact) mass is 406 g/mol. The largest absolute Gasteiger partial charge is 0.481 e. The third kappa shape index (κ3) is 6.28. The molecule has 0 radical (unpaired) electrons. The Bertz CT molecular complexity index is 520. The van der Waals surface area contributed by atoms with Crippen molar-refractivity contribution in [3.63, 3.8) is 0 Å². The zero-order chi connectivity index (χ0) is 16.0. The summed E-state index contributed by atoms with van der Waals surface area (Å²) in [7, 11) is 0. The van der Waals surface area contributed by atoms with Crippen LogP contribution in [0.25, 0.3) is 0 Å². The van der Waals surface area contributed by atoms with Gasteiger partial charge in [0.05, 0.1) is 4.92 Å². The van der Waals surface area contributed by atoms with E-state index in [1.807, 2.05) is 36.4 Å². The van der Waals surface area contributed by atoms with Crippen LogP contribution in [0, 0.1) is 25.5 Å². The lowest BCUT2D eigenvalue weighted by Gasteiger charge is -2.18. The van der Waals surface area contributed by atoms with E-state index in [9.17, 15) is 14.9 Å². The van der Waals surface area contributed by atoms with Crippen molar-refractivity contribution in [3.8, 4) is 0 Å². The van der Waals surface area contributed by atoms with Gasteiger partial charge in [-0.3, -0.25) is 14.9 Å². The lowest BCUT2D eigenvalue weighted by molar-refractivity contribution is -0.384. The van der Waals surface area contributed by atoms with E-state index in [2.05, 4.69) is 5.32 Å². The highest BCUT2D eigenvalue weighted by atomic mass is 127. The zero-order valence-corrected chi connectivity index (χ0v) is 14.2. The van der Waals surface area contributed by atoms with Crippen LogP contribution in [-0.2, 0) is 4.79 Å². The molecule has 7 heteroatoms. The lowest BCUT2D eigenvalue weighted by Crippen LogP contribution is -2.20. The highest BCUT2D eigenvalue weighted by Gasteiger charge is 2.18. The third-order valence-electron chi connectivity index (χ3n) is 3.01. The molecule has 0 aliphatic heterocycles. The van der Waals surface area contributed by atoms with E-state index in [0.717, 1.165) is 9.99 Å². The van der Waals surface area contributed by atoms with Crippen molar-refractivity contribution in [2.45, 2.75) is 26.7 Å². The number of hydrogen-bond acceptors (Lipinski definition) is 4. The number of carbonyl (C=O) groups is 1. The average molecular weight is 406 g/mol. The van der Waals surface area contributed by atoms with Crippen LogP contribution in [0.5, 0.6) is 0 Å². The number of hydrogen-bond donors (Lipinski definition) is 2. The zero-order valence-electron chi connectivity index (χ0n) is 12.0. The van der Waals surface area contributed by atoms with Crippen molar-refractivity contribution in [1.82, 2.24) is 0 Å². The molecule has 0 saturated heterocycles. The Kier molecular flexibility index (Phi) is 6.86. The molecule has 1 unspecified atom stereocenters. The molecule has 0 heterocycles. The molecule has 0 spiro atoms. The second-order valence-corrected chi connectivity index (χ2v) is 6.64. The highest BCUT2D eigenvalue weighted by Crippen LogP contribution is 2.27. The first-order chi connectivity index (χ1) is 9.79. The van der Waals surface area contributed by atoms with Gasteiger partial charge in [-0.25, -0.2) is 0 Å². The van der Waals surface area contributed by atoms with Crippen molar-refractivity contribution in [2.24, 2.45) is 11.8 Å². The van der Waals surface area contributed by atoms with E-state index < -0.39 is 10.9 Å². The number of carboxylic acid groups (broad SMARTS) is 1. The predicted molar refractivity (Wildman–Crippen MR) is 89.5 cm³/mol. The van der Waals surface area contributed by atoms with Crippen LogP contribution in [0.4, 0.5) is 11.4 Å². The number of halogens is 1. The van der Waals surface area contributed by atoms with Gasteiger partial charge in [0.1, 0.15) is 5.69 Å². The van der Waals surface area contributed by atoms with E-state index in [1.54, 1.807) is 12.1 Å². The van der Waals surface area contributed by atoms with E-state index in [-0.39, 0.29) is 18.0 Å². The fourth-order valence-electron chi connectivity index (χ4n) is 2.21. The van der Waals surface area contributed by atoms with Gasteiger partial charge >= 0.3 is 5.97 Å². The molecule has 0 aromatic heterocycles. The first-order valence-electron chi connectivity index (χ1n) is 6.69. The quantitative estimate of drug-likeness (QED) is 0.390. The number of aliphatic carboxylic acids is 1. The summed E-state index contributed by atoms with van der Waals surface area (Å²) >= 11 is 2.02. The maximum Gasteiger partial charge on any atom is 0.303 e. The Balaban J connectivity index is 2.79. The summed E-state index contributed by atoms with van der Waals surface area (Å²) in [5.41, 5.74) is 0.445. The van der Waals surface area contributed by atoms with Crippen molar-refractivity contribution >= 4 is 39.9 Å². The molecule has 21 heavy (non-hydrogen) atoms. The van der Waals surface area contributed by atoms with Crippen LogP contribution in [0.3, 0.4) is 0 Å². The van der Waals surface area contributed by atoms with E-state index >= 15 is 0 Å². The first kappa shape index (κ1) is 17.7. The molecular formula is C14H19IN2O4. The second kappa shape index (κ2) is 8.16. The van der Waals surface area contributed by atoms with Gasteiger partial charge in [-0.2, -0.15) is 0 Å². The van der Waals surface area contributed by atoms with Gasteiger partial charge in [-0.15, -0.1) is 0 Å². The Labute approximate surface area is 137 Å². The van der Waals surface area contributed by atoms with Crippen molar-refractivity contribution in [3.05, 3.63) is 31.9 Å². The number of nitro groups is 1. The summed E-state index contributed by atoms with van der Waals surface area (Å²) in [6.07, 6.45) is 0.820.